The molecule has 0 spiro atoms. The van der Waals surface area contributed by atoms with Gasteiger partial charge in [-0.1, -0.05) is 5.10 Å². The van der Waals surface area contributed by atoms with Gasteiger partial charge in [0.05, 0.1) is 13.7 Å². The van der Waals surface area contributed by atoms with Crippen molar-refractivity contribution in [2.24, 2.45) is 0 Å². The summed E-state index contributed by atoms with van der Waals surface area (Å²) in [5.74, 6) is 1.51. The lowest BCUT2D eigenvalue weighted by molar-refractivity contribution is 0.415. The smallest absolute Gasteiger partial charge is 0.247 e. The van der Waals surface area contributed by atoms with Gasteiger partial charge >= 0.3 is 0 Å². The van der Waals surface area contributed by atoms with Gasteiger partial charge in [-0.3, -0.25) is 0 Å². The maximum atomic E-state index is 5.12. The molecule has 0 atom stereocenters. The largest absolute Gasteiger partial charge is 0.497 e. The Hall–Kier alpha value is -2.37. The first-order valence-electron chi connectivity index (χ1n) is 5.24. The van der Waals surface area contributed by atoms with Crippen LogP contribution in [0, 0.1) is 0 Å². The van der Waals surface area contributed by atoms with Crippen molar-refractivity contribution in [2.45, 2.75) is 6.54 Å². The SMILES string of the molecule is COc1ccc(C2=CCn3nnnc3N2)cc1. The molecule has 1 aliphatic rings. The fourth-order valence-electron chi connectivity index (χ4n) is 1.73. The summed E-state index contributed by atoms with van der Waals surface area (Å²) < 4.78 is 6.83. The molecule has 0 radical (unpaired) electrons. The average molecular weight is 229 g/mol. The Bertz CT molecular complexity index is 557. The van der Waals surface area contributed by atoms with Crippen LogP contribution in [0.1, 0.15) is 5.56 Å². The molecule has 0 bridgehead atoms. The van der Waals surface area contributed by atoms with Crippen LogP contribution in [-0.4, -0.2) is 27.3 Å². The number of hydrogen-bond acceptors (Lipinski definition) is 5. The Labute approximate surface area is 97.9 Å². The topological polar surface area (TPSA) is 64.9 Å². The van der Waals surface area contributed by atoms with Crippen molar-refractivity contribution in [1.82, 2.24) is 20.2 Å². The second-order valence-electron chi connectivity index (χ2n) is 3.66. The van der Waals surface area contributed by atoms with Gasteiger partial charge in [-0.15, -0.1) is 0 Å². The summed E-state index contributed by atoms with van der Waals surface area (Å²) in [4.78, 5) is 0. The van der Waals surface area contributed by atoms with Crippen LogP contribution in [-0.2, 0) is 6.54 Å². The molecule has 86 valence electrons. The fourth-order valence-corrected chi connectivity index (χ4v) is 1.73. The molecular formula is C11H11N5O. The number of nitrogens with zero attached hydrogens (tertiary/aromatic N) is 4. The highest BCUT2D eigenvalue weighted by atomic mass is 16.5. The van der Waals surface area contributed by atoms with E-state index in [-0.39, 0.29) is 0 Å². The Morgan fingerprint density at radius 1 is 1.29 bits per heavy atom. The molecule has 0 amide bonds. The molecule has 0 fully saturated rings. The third-order valence-corrected chi connectivity index (χ3v) is 2.65. The van der Waals surface area contributed by atoms with Crippen molar-refractivity contribution in [1.29, 1.82) is 0 Å². The molecule has 0 saturated heterocycles. The quantitative estimate of drug-likeness (QED) is 0.836. The van der Waals surface area contributed by atoms with E-state index in [0.717, 1.165) is 17.0 Å². The zero-order valence-corrected chi connectivity index (χ0v) is 9.29. The van der Waals surface area contributed by atoms with Gasteiger partial charge in [0, 0.05) is 5.70 Å². The molecule has 1 N–H and O–H groups in total. The first kappa shape index (κ1) is 9.83. The first-order valence-corrected chi connectivity index (χ1v) is 5.24. The lowest BCUT2D eigenvalue weighted by Crippen LogP contribution is -2.13. The molecular weight excluding hydrogens is 218 g/mol. The van der Waals surface area contributed by atoms with Crippen LogP contribution in [0.15, 0.2) is 30.3 Å². The molecule has 1 aliphatic heterocycles. The number of rotatable bonds is 2. The van der Waals surface area contributed by atoms with Gasteiger partial charge in [-0.05, 0) is 46.3 Å². The Morgan fingerprint density at radius 2 is 2.12 bits per heavy atom. The first-order chi connectivity index (χ1) is 8.36. The standard InChI is InChI=1S/C11H11N5O/c1-17-9-4-2-8(3-5-9)10-6-7-16-11(12-10)13-14-15-16/h2-6H,7H2,1H3,(H,12,13,15). The molecule has 1 aromatic heterocycles. The second kappa shape index (κ2) is 3.89. The summed E-state index contributed by atoms with van der Waals surface area (Å²) >= 11 is 0. The van der Waals surface area contributed by atoms with E-state index < -0.39 is 0 Å². The third kappa shape index (κ3) is 1.73. The lowest BCUT2D eigenvalue weighted by atomic mass is 10.1. The summed E-state index contributed by atoms with van der Waals surface area (Å²) in [5, 5.41) is 14.5. The number of benzene rings is 1. The van der Waals surface area contributed by atoms with Crippen LogP contribution in [0.5, 0.6) is 5.75 Å². The van der Waals surface area contributed by atoms with Crippen LogP contribution < -0.4 is 10.1 Å². The summed E-state index contributed by atoms with van der Waals surface area (Å²) in [7, 11) is 1.65. The van der Waals surface area contributed by atoms with Crippen molar-refractivity contribution in [3.05, 3.63) is 35.9 Å². The molecule has 2 heterocycles. The molecule has 1 aromatic carbocycles. The van der Waals surface area contributed by atoms with Gasteiger partial charge in [-0.2, -0.15) is 0 Å². The minimum absolute atomic E-state index is 0.665. The Kier molecular flexibility index (Phi) is 2.25. The molecule has 6 nitrogen and oxygen atoms in total. The van der Waals surface area contributed by atoms with Gasteiger partial charge in [0.15, 0.2) is 0 Å². The normalized spacial score (nSPS) is 13.6. The third-order valence-electron chi connectivity index (χ3n) is 2.65. The van der Waals surface area contributed by atoms with Gasteiger partial charge in [0.2, 0.25) is 5.95 Å². The number of ether oxygens (including phenoxy) is 1. The van der Waals surface area contributed by atoms with Crippen LogP contribution in [0.25, 0.3) is 5.70 Å². The molecule has 6 heteroatoms. The maximum absolute atomic E-state index is 5.12. The number of hydrogen-bond donors (Lipinski definition) is 1. The fraction of sp³-hybridized carbons (Fsp3) is 0.182. The van der Waals surface area contributed by atoms with E-state index in [4.69, 9.17) is 4.74 Å². The van der Waals surface area contributed by atoms with Crippen molar-refractivity contribution in [3.8, 4) is 5.75 Å². The van der Waals surface area contributed by atoms with Crippen LogP contribution in [0.2, 0.25) is 0 Å². The van der Waals surface area contributed by atoms with E-state index in [1.54, 1.807) is 11.8 Å². The van der Waals surface area contributed by atoms with Crippen molar-refractivity contribution in [2.75, 3.05) is 12.4 Å². The summed E-state index contributed by atoms with van der Waals surface area (Å²) in [6, 6.07) is 7.85. The van der Waals surface area contributed by atoms with Crippen LogP contribution in [0.4, 0.5) is 5.95 Å². The lowest BCUT2D eigenvalue weighted by Gasteiger charge is -2.15. The number of allylic oxidation sites excluding steroid dienone is 1. The monoisotopic (exact) mass is 229 g/mol. The van der Waals surface area contributed by atoms with E-state index in [0.29, 0.717) is 12.5 Å². The average Bonchev–Trinajstić information content (AvgIpc) is 2.86. The van der Waals surface area contributed by atoms with Gasteiger partial charge in [0.25, 0.3) is 0 Å². The van der Waals surface area contributed by atoms with E-state index in [1.165, 1.54) is 0 Å². The molecule has 2 aromatic rings. The number of methoxy groups -OCH3 is 1. The predicted octanol–water partition coefficient (Wildman–Crippen LogP) is 1.15. The molecule has 0 saturated carbocycles. The predicted molar refractivity (Wildman–Crippen MR) is 62.4 cm³/mol. The molecule has 17 heavy (non-hydrogen) atoms. The van der Waals surface area contributed by atoms with Crippen LogP contribution in [0.3, 0.4) is 0 Å². The molecule has 0 unspecified atom stereocenters. The van der Waals surface area contributed by atoms with Gasteiger partial charge in [-0.25, -0.2) is 4.68 Å². The molecule has 0 aliphatic carbocycles. The number of fused-ring (bicyclic) bond motifs is 1. The number of nitrogens with one attached hydrogen (secondary N) is 1. The summed E-state index contributed by atoms with van der Waals surface area (Å²) in [6.45, 7) is 0.677. The van der Waals surface area contributed by atoms with Gasteiger partial charge < -0.3 is 10.1 Å². The summed E-state index contributed by atoms with van der Waals surface area (Å²) in [6.07, 6.45) is 2.05. The Morgan fingerprint density at radius 3 is 2.88 bits per heavy atom. The van der Waals surface area contributed by atoms with Crippen molar-refractivity contribution >= 4 is 11.6 Å². The van der Waals surface area contributed by atoms with Crippen molar-refractivity contribution < 1.29 is 4.74 Å². The summed E-state index contributed by atoms with van der Waals surface area (Å²) in [5.41, 5.74) is 2.09. The Balaban J connectivity index is 1.87. The van der Waals surface area contributed by atoms with Crippen LogP contribution >= 0.6 is 0 Å². The minimum Gasteiger partial charge on any atom is -0.497 e. The maximum Gasteiger partial charge on any atom is 0.247 e. The highest BCUT2D eigenvalue weighted by molar-refractivity contribution is 5.75. The zero-order valence-electron chi connectivity index (χ0n) is 9.29. The number of aromatic nitrogens is 4. The highest BCUT2D eigenvalue weighted by Crippen LogP contribution is 2.22. The van der Waals surface area contributed by atoms with E-state index in [2.05, 4.69) is 20.8 Å². The highest BCUT2D eigenvalue weighted by Gasteiger charge is 2.13. The van der Waals surface area contributed by atoms with E-state index in [9.17, 15) is 0 Å². The zero-order chi connectivity index (χ0) is 11.7. The number of tetrazole rings is 1. The van der Waals surface area contributed by atoms with E-state index >= 15 is 0 Å². The minimum atomic E-state index is 0.665. The van der Waals surface area contributed by atoms with E-state index in [1.807, 2.05) is 30.3 Å². The van der Waals surface area contributed by atoms with Gasteiger partial charge in [0.1, 0.15) is 5.75 Å². The molecule has 3 rings (SSSR count). The second-order valence-corrected chi connectivity index (χ2v) is 3.66. The number of anilines is 1. The van der Waals surface area contributed by atoms with Crippen molar-refractivity contribution in [3.63, 3.8) is 0 Å².